The summed E-state index contributed by atoms with van der Waals surface area (Å²) in [5.41, 5.74) is 1.04. The predicted octanol–water partition coefficient (Wildman–Crippen LogP) is 0.611. The highest BCUT2D eigenvalue weighted by atomic mass is 16.4. The van der Waals surface area contributed by atoms with Gasteiger partial charge in [-0.3, -0.25) is 14.7 Å². The maximum absolute atomic E-state index is 12.0. The van der Waals surface area contributed by atoms with Gasteiger partial charge in [0.15, 0.2) is 0 Å². The SMILES string of the molecule is O=C(O)CCC(NC(=O)c1ccc2[nH]ncc2c1)C(=O)O. The van der Waals surface area contributed by atoms with Crippen LogP contribution in [0.15, 0.2) is 24.4 Å². The Morgan fingerprint density at radius 1 is 1.29 bits per heavy atom. The molecule has 8 heteroatoms. The zero-order valence-electron chi connectivity index (χ0n) is 10.9. The molecule has 0 saturated heterocycles. The molecule has 1 heterocycles. The smallest absolute Gasteiger partial charge is 0.326 e. The van der Waals surface area contributed by atoms with Gasteiger partial charge in [0.05, 0.1) is 11.7 Å². The molecule has 0 saturated carbocycles. The number of rotatable bonds is 6. The van der Waals surface area contributed by atoms with E-state index in [0.29, 0.717) is 0 Å². The number of aromatic nitrogens is 2. The van der Waals surface area contributed by atoms with Gasteiger partial charge in [-0.25, -0.2) is 4.79 Å². The zero-order valence-corrected chi connectivity index (χ0v) is 10.9. The van der Waals surface area contributed by atoms with Crippen LogP contribution in [0, 0.1) is 0 Å². The number of hydrogen-bond donors (Lipinski definition) is 4. The number of aromatic amines is 1. The molecule has 0 aliphatic rings. The number of carbonyl (C=O) groups excluding carboxylic acids is 1. The fourth-order valence-corrected chi connectivity index (χ4v) is 1.85. The summed E-state index contributed by atoms with van der Waals surface area (Å²) in [5.74, 6) is -2.96. The van der Waals surface area contributed by atoms with Gasteiger partial charge in [-0.05, 0) is 24.6 Å². The van der Waals surface area contributed by atoms with Gasteiger partial charge < -0.3 is 15.5 Å². The van der Waals surface area contributed by atoms with Crippen molar-refractivity contribution in [2.24, 2.45) is 0 Å². The highest BCUT2D eigenvalue weighted by molar-refractivity contribution is 5.99. The van der Waals surface area contributed by atoms with Crippen molar-refractivity contribution >= 4 is 28.7 Å². The molecular formula is C13H13N3O5. The van der Waals surface area contributed by atoms with Crippen LogP contribution < -0.4 is 5.32 Å². The first-order valence-corrected chi connectivity index (χ1v) is 6.16. The van der Waals surface area contributed by atoms with Crippen LogP contribution in [0.3, 0.4) is 0 Å². The predicted molar refractivity (Wildman–Crippen MR) is 71.9 cm³/mol. The molecule has 1 unspecified atom stereocenters. The van der Waals surface area contributed by atoms with E-state index in [2.05, 4.69) is 15.5 Å². The molecule has 110 valence electrons. The number of benzene rings is 1. The third-order valence-electron chi connectivity index (χ3n) is 2.95. The van der Waals surface area contributed by atoms with Crippen LogP contribution in [0.1, 0.15) is 23.2 Å². The van der Waals surface area contributed by atoms with Crippen LogP contribution in [0.4, 0.5) is 0 Å². The standard InChI is InChI=1S/C13H13N3O5/c17-11(18)4-3-10(13(20)21)15-12(19)7-1-2-9-8(5-7)6-14-16-9/h1-2,5-6,10H,3-4H2,(H,14,16)(H,15,19)(H,17,18)(H,20,21). The summed E-state index contributed by atoms with van der Waals surface area (Å²) in [5, 5.41) is 27.2. The van der Waals surface area contributed by atoms with Crippen molar-refractivity contribution < 1.29 is 24.6 Å². The lowest BCUT2D eigenvalue weighted by Gasteiger charge is -2.13. The van der Waals surface area contributed by atoms with Crippen molar-refractivity contribution in [2.45, 2.75) is 18.9 Å². The molecule has 2 aromatic rings. The van der Waals surface area contributed by atoms with Crippen LogP contribution in [-0.2, 0) is 9.59 Å². The number of carbonyl (C=O) groups is 3. The van der Waals surface area contributed by atoms with E-state index < -0.39 is 23.9 Å². The molecule has 21 heavy (non-hydrogen) atoms. The summed E-state index contributed by atoms with van der Waals surface area (Å²) in [6.45, 7) is 0. The van der Waals surface area contributed by atoms with Crippen molar-refractivity contribution in [3.05, 3.63) is 30.0 Å². The highest BCUT2D eigenvalue weighted by Crippen LogP contribution is 2.13. The minimum atomic E-state index is -1.27. The molecule has 0 bridgehead atoms. The summed E-state index contributed by atoms with van der Waals surface area (Å²) in [7, 11) is 0. The van der Waals surface area contributed by atoms with Crippen molar-refractivity contribution in [3.63, 3.8) is 0 Å². The maximum Gasteiger partial charge on any atom is 0.326 e. The number of aliphatic carboxylic acids is 2. The van der Waals surface area contributed by atoms with Gasteiger partial charge in [-0.15, -0.1) is 0 Å². The Hall–Kier alpha value is -2.90. The van der Waals surface area contributed by atoms with Gasteiger partial charge in [-0.1, -0.05) is 0 Å². The second-order valence-electron chi connectivity index (χ2n) is 4.47. The number of nitrogens with one attached hydrogen (secondary N) is 2. The molecule has 0 aliphatic carbocycles. The molecule has 0 fully saturated rings. The molecule has 0 aliphatic heterocycles. The highest BCUT2D eigenvalue weighted by Gasteiger charge is 2.21. The summed E-state index contributed by atoms with van der Waals surface area (Å²) in [4.78, 5) is 33.5. The quantitative estimate of drug-likeness (QED) is 0.616. The number of H-pyrrole nitrogens is 1. The number of nitrogens with zero attached hydrogens (tertiary/aromatic N) is 1. The van der Waals surface area contributed by atoms with Crippen molar-refractivity contribution in [1.29, 1.82) is 0 Å². The van der Waals surface area contributed by atoms with E-state index in [4.69, 9.17) is 10.2 Å². The van der Waals surface area contributed by atoms with Gasteiger partial charge in [0, 0.05) is 17.4 Å². The number of amides is 1. The van der Waals surface area contributed by atoms with Gasteiger partial charge in [0.1, 0.15) is 6.04 Å². The molecule has 0 radical (unpaired) electrons. The summed E-state index contributed by atoms with van der Waals surface area (Å²) in [6.07, 6.45) is 1.04. The van der Waals surface area contributed by atoms with Gasteiger partial charge in [0.2, 0.25) is 0 Å². The average Bonchev–Trinajstić information content (AvgIpc) is 2.89. The topological polar surface area (TPSA) is 132 Å². The van der Waals surface area contributed by atoms with E-state index in [1.807, 2.05) is 0 Å². The second-order valence-corrected chi connectivity index (χ2v) is 4.47. The molecule has 8 nitrogen and oxygen atoms in total. The van der Waals surface area contributed by atoms with Crippen molar-refractivity contribution in [1.82, 2.24) is 15.5 Å². The van der Waals surface area contributed by atoms with Crippen LogP contribution in [0.25, 0.3) is 10.9 Å². The lowest BCUT2D eigenvalue weighted by molar-refractivity contribution is -0.140. The van der Waals surface area contributed by atoms with Crippen LogP contribution >= 0.6 is 0 Å². The monoisotopic (exact) mass is 291 g/mol. The van der Waals surface area contributed by atoms with Gasteiger partial charge >= 0.3 is 11.9 Å². The Kier molecular flexibility index (Phi) is 4.17. The van der Waals surface area contributed by atoms with Crippen molar-refractivity contribution in [3.8, 4) is 0 Å². The molecule has 4 N–H and O–H groups in total. The van der Waals surface area contributed by atoms with E-state index in [1.165, 1.54) is 6.07 Å². The van der Waals surface area contributed by atoms with E-state index in [0.717, 1.165) is 10.9 Å². The first-order chi connectivity index (χ1) is 9.97. The minimum absolute atomic E-state index is 0.176. The molecule has 1 aromatic heterocycles. The number of hydrogen-bond acceptors (Lipinski definition) is 4. The largest absolute Gasteiger partial charge is 0.481 e. The first-order valence-electron chi connectivity index (χ1n) is 6.16. The number of carboxylic acids is 2. The first kappa shape index (κ1) is 14.5. The Balaban J connectivity index is 2.10. The minimum Gasteiger partial charge on any atom is -0.481 e. The maximum atomic E-state index is 12.0. The third-order valence-corrected chi connectivity index (χ3v) is 2.95. The van der Waals surface area contributed by atoms with E-state index in [-0.39, 0.29) is 18.4 Å². The lowest BCUT2D eigenvalue weighted by atomic mass is 10.1. The molecule has 2 rings (SSSR count). The fourth-order valence-electron chi connectivity index (χ4n) is 1.85. The summed E-state index contributed by atoms with van der Waals surface area (Å²) >= 11 is 0. The second kappa shape index (κ2) is 6.04. The number of carboxylic acid groups (broad SMARTS) is 2. The third kappa shape index (κ3) is 3.56. The molecule has 1 aromatic carbocycles. The molecular weight excluding hydrogens is 278 g/mol. The fraction of sp³-hybridized carbons (Fsp3) is 0.231. The lowest BCUT2D eigenvalue weighted by Crippen LogP contribution is -2.41. The van der Waals surface area contributed by atoms with Gasteiger partial charge in [-0.2, -0.15) is 5.10 Å². The van der Waals surface area contributed by atoms with Crippen LogP contribution in [-0.4, -0.2) is 44.3 Å². The van der Waals surface area contributed by atoms with Crippen molar-refractivity contribution in [2.75, 3.05) is 0 Å². The molecule has 1 atom stereocenters. The summed E-state index contributed by atoms with van der Waals surface area (Å²) in [6, 6.07) is 3.52. The molecule has 1 amide bonds. The Labute approximate surface area is 118 Å². The van der Waals surface area contributed by atoms with Gasteiger partial charge in [0.25, 0.3) is 5.91 Å². The van der Waals surface area contributed by atoms with E-state index in [1.54, 1.807) is 18.3 Å². The normalized spacial score (nSPS) is 12.0. The van der Waals surface area contributed by atoms with E-state index >= 15 is 0 Å². The Morgan fingerprint density at radius 2 is 2.05 bits per heavy atom. The van der Waals surface area contributed by atoms with E-state index in [9.17, 15) is 14.4 Å². The Morgan fingerprint density at radius 3 is 2.71 bits per heavy atom. The molecule has 0 spiro atoms. The number of fused-ring (bicyclic) bond motifs is 1. The zero-order chi connectivity index (χ0) is 15.4. The summed E-state index contributed by atoms with van der Waals surface area (Å²) < 4.78 is 0. The van der Waals surface area contributed by atoms with Crippen LogP contribution in [0.5, 0.6) is 0 Å². The Bertz CT molecular complexity index is 694. The average molecular weight is 291 g/mol. The van der Waals surface area contributed by atoms with Crippen LogP contribution in [0.2, 0.25) is 0 Å².